The van der Waals surface area contributed by atoms with Crippen LogP contribution in [0.1, 0.15) is 44.1 Å². The number of rotatable bonds is 6. The summed E-state index contributed by atoms with van der Waals surface area (Å²) in [6, 6.07) is 0.608. The molecule has 8 heteroatoms. The van der Waals surface area contributed by atoms with Crippen LogP contribution in [0.2, 0.25) is 0 Å². The van der Waals surface area contributed by atoms with E-state index >= 15 is 0 Å². The Kier molecular flexibility index (Phi) is 4.54. The molecule has 0 aromatic carbocycles. The molecule has 7 nitrogen and oxygen atoms in total. The Labute approximate surface area is 168 Å². The molecule has 4 fully saturated rings. The fourth-order valence-electron chi connectivity index (χ4n) is 5.80. The van der Waals surface area contributed by atoms with Gasteiger partial charge in [0.15, 0.2) is 0 Å². The van der Waals surface area contributed by atoms with Crippen LogP contribution in [0.5, 0.6) is 0 Å². The smallest absolute Gasteiger partial charge is 0.214 e. The number of nitrogens with zero attached hydrogens (tertiary/aromatic N) is 4. The molecule has 5 aliphatic rings. The lowest BCUT2D eigenvalue weighted by molar-refractivity contribution is 0.0448. The topological polar surface area (TPSA) is 78.4 Å². The minimum absolute atomic E-state index is 0.240. The van der Waals surface area contributed by atoms with E-state index in [1.165, 1.54) is 24.8 Å². The number of hydrogen-bond donors (Lipinski definition) is 1. The molecule has 0 amide bonds. The van der Waals surface area contributed by atoms with Crippen LogP contribution in [-0.2, 0) is 16.4 Å². The van der Waals surface area contributed by atoms with E-state index in [0.717, 1.165) is 49.8 Å². The van der Waals surface area contributed by atoms with E-state index in [1.807, 2.05) is 7.05 Å². The molecule has 1 atom stereocenters. The van der Waals surface area contributed by atoms with Crippen LogP contribution in [-0.4, -0.2) is 61.2 Å². The van der Waals surface area contributed by atoms with Crippen molar-refractivity contribution in [1.82, 2.24) is 14.3 Å². The van der Waals surface area contributed by atoms with E-state index in [-0.39, 0.29) is 12.0 Å². The third kappa shape index (κ3) is 3.09. The van der Waals surface area contributed by atoms with Gasteiger partial charge in [0.2, 0.25) is 10.0 Å². The molecule has 1 aliphatic heterocycles. The zero-order valence-electron chi connectivity index (χ0n) is 16.8. The van der Waals surface area contributed by atoms with Crippen LogP contribution in [0.25, 0.3) is 0 Å². The zero-order chi connectivity index (χ0) is 19.5. The van der Waals surface area contributed by atoms with Crippen LogP contribution in [0.4, 0.5) is 11.6 Å². The number of fused-ring (bicyclic) bond motifs is 3. The van der Waals surface area contributed by atoms with Crippen LogP contribution in [0.15, 0.2) is 6.33 Å². The summed E-state index contributed by atoms with van der Waals surface area (Å²) in [6.07, 6.45) is 9.14. The Morgan fingerprint density at radius 3 is 2.64 bits per heavy atom. The zero-order valence-corrected chi connectivity index (χ0v) is 17.7. The van der Waals surface area contributed by atoms with Crippen molar-refractivity contribution in [3.63, 3.8) is 0 Å². The lowest BCUT2D eigenvalue weighted by Crippen LogP contribution is -2.52. The summed E-state index contributed by atoms with van der Waals surface area (Å²) in [5.74, 6) is 3.98. The highest BCUT2D eigenvalue weighted by molar-refractivity contribution is 7.89. The van der Waals surface area contributed by atoms with Crippen molar-refractivity contribution in [3.05, 3.63) is 11.9 Å². The molecule has 0 radical (unpaired) electrons. The quantitative estimate of drug-likeness (QED) is 0.781. The molecule has 0 unspecified atom stereocenters. The van der Waals surface area contributed by atoms with Gasteiger partial charge in [0.05, 0.1) is 5.75 Å². The maximum atomic E-state index is 13.0. The fourth-order valence-corrected chi connectivity index (χ4v) is 7.59. The van der Waals surface area contributed by atoms with E-state index in [0.29, 0.717) is 17.7 Å². The molecule has 0 spiro atoms. The number of hydrogen-bond acceptors (Lipinski definition) is 6. The van der Waals surface area contributed by atoms with Gasteiger partial charge in [-0.3, -0.25) is 0 Å². The molecule has 4 saturated carbocycles. The molecule has 4 aliphatic carbocycles. The molecule has 1 N–H and O–H groups in total. The van der Waals surface area contributed by atoms with Gasteiger partial charge in [-0.15, -0.1) is 0 Å². The van der Waals surface area contributed by atoms with Crippen molar-refractivity contribution >= 4 is 21.7 Å². The fraction of sp³-hybridized carbons (Fsp3) is 0.800. The summed E-state index contributed by atoms with van der Waals surface area (Å²) in [5.41, 5.74) is 1.19. The summed E-state index contributed by atoms with van der Waals surface area (Å²) < 4.78 is 27.7. The van der Waals surface area contributed by atoms with E-state index in [2.05, 4.69) is 27.2 Å². The normalized spacial score (nSPS) is 33.6. The standard InChI is InChI=1S/C20H31N5O2S/c1-24(20-17-5-6-21-19(17)22-12-23-20)16-9-14(10-16)11-28(26,27)25(2)18-4-3-13-7-15(18)8-13/h12-16,18H,3-11H2,1-2H3,(H,21,22,23)/t13?,14?,15?,16?,18-/m0/s1. The Morgan fingerprint density at radius 1 is 1.14 bits per heavy atom. The Morgan fingerprint density at radius 2 is 1.93 bits per heavy atom. The molecule has 154 valence electrons. The average Bonchev–Trinajstić information content (AvgIpc) is 3.11. The van der Waals surface area contributed by atoms with Gasteiger partial charge < -0.3 is 10.2 Å². The first-order valence-electron chi connectivity index (χ1n) is 10.7. The molecular weight excluding hydrogens is 374 g/mol. The molecule has 1 aromatic heterocycles. The van der Waals surface area contributed by atoms with Crippen LogP contribution in [0.3, 0.4) is 0 Å². The van der Waals surface area contributed by atoms with Gasteiger partial charge in [0, 0.05) is 38.3 Å². The number of aromatic nitrogens is 2. The first kappa shape index (κ1) is 18.6. The van der Waals surface area contributed by atoms with Gasteiger partial charge in [-0.2, -0.15) is 0 Å². The maximum absolute atomic E-state index is 13.0. The van der Waals surface area contributed by atoms with Crippen LogP contribution >= 0.6 is 0 Å². The van der Waals surface area contributed by atoms with Crippen molar-refractivity contribution in [3.8, 4) is 0 Å². The second-order valence-electron chi connectivity index (χ2n) is 9.34. The SMILES string of the molecule is CN(c1ncnc2c1CCN2)C1CC(CS(=O)(=O)N(C)[C@H]2CCC3CC2C3)C1. The van der Waals surface area contributed by atoms with Crippen molar-refractivity contribution in [2.24, 2.45) is 17.8 Å². The van der Waals surface area contributed by atoms with Crippen molar-refractivity contribution < 1.29 is 8.42 Å². The Balaban J connectivity index is 1.18. The Bertz CT molecular complexity index is 845. The summed E-state index contributed by atoms with van der Waals surface area (Å²) in [7, 11) is 0.726. The average molecular weight is 406 g/mol. The molecule has 0 saturated heterocycles. The largest absolute Gasteiger partial charge is 0.369 e. The van der Waals surface area contributed by atoms with Crippen molar-refractivity contribution in [2.75, 3.05) is 36.6 Å². The van der Waals surface area contributed by atoms with Crippen molar-refractivity contribution in [1.29, 1.82) is 0 Å². The van der Waals surface area contributed by atoms with Crippen LogP contribution < -0.4 is 10.2 Å². The maximum Gasteiger partial charge on any atom is 0.214 e. The summed E-state index contributed by atoms with van der Waals surface area (Å²) in [5, 5.41) is 3.30. The lowest BCUT2D eigenvalue weighted by Gasteiger charge is -2.49. The lowest BCUT2D eigenvalue weighted by atomic mass is 9.63. The molecule has 1 aromatic rings. The van der Waals surface area contributed by atoms with E-state index < -0.39 is 10.0 Å². The third-order valence-corrected chi connectivity index (χ3v) is 9.76. The molecule has 2 heterocycles. The minimum Gasteiger partial charge on any atom is -0.369 e. The Hall–Kier alpha value is -1.41. The monoisotopic (exact) mass is 405 g/mol. The third-order valence-electron chi connectivity index (χ3n) is 7.72. The first-order valence-corrected chi connectivity index (χ1v) is 12.3. The summed E-state index contributed by atoms with van der Waals surface area (Å²) in [6.45, 7) is 0.912. The number of nitrogens with one attached hydrogen (secondary N) is 1. The number of sulfonamides is 1. The molecular formula is C20H31N5O2S. The van der Waals surface area contributed by atoms with Crippen molar-refractivity contribution in [2.45, 2.75) is 57.0 Å². The predicted octanol–water partition coefficient (Wildman–Crippen LogP) is 2.11. The van der Waals surface area contributed by atoms with Gasteiger partial charge in [0.1, 0.15) is 18.0 Å². The van der Waals surface area contributed by atoms with E-state index in [9.17, 15) is 8.42 Å². The van der Waals surface area contributed by atoms with Gasteiger partial charge in [-0.1, -0.05) is 0 Å². The second kappa shape index (κ2) is 6.83. The predicted molar refractivity (Wildman–Crippen MR) is 110 cm³/mol. The second-order valence-corrected chi connectivity index (χ2v) is 11.4. The highest BCUT2D eigenvalue weighted by Gasteiger charge is 2.45. The van der Waals surface area contributed by atoms with Gasteiger partial charge in [0.25, 0.3) is 0 Å². The van der Waals surface area contributed by atoms with Crippen LogP contribution in [0, 0.1) is 17.8 Å². The van der Waals surface area contributed by atoms with E-state index in [1.54, 1.807) is 10.6 Å². The molecule has 28 heavy (non-hydrogen) atoms. The summed E-state index contributed by atoms with van der Waals surface area (Å²) in [4.78, 5) is 11.0. The van der Waals surface area contributed by atoms with Gasteiger partial charge in [-0.05, 0) is 62.7 Å². The van der Waals surface area contributed by atoms with E-state index in [4.69, 9.17) is 0 Å². The highest BCUT2D eigenvalue weighted by atomic mass is 32.2. The summed E-state index contributed by atoms with van der Waals surface area (Å²) >= 11 is 0. The molecule has 6 rings (SSSR count). The number of anilines is 2. The molecule has 2 bridgehead atoms. The minimum atomic E-state index is -3.17. The highest BCUT2D eigenvalue weighted by Crippen LogP contribution is 2.48. The van der Waals surface area contributed by atoms with Gasteiger partial charge in [-0.25, -0.2) is 22.7 Å². The van der Waals surface area contributed by atoms with Gasteiger partial charge >= 0.3 is 0 Å². The first-order chi connectivity index (χ1) is 13.4.